The van der Waals surface area contributed by atoms with Gasteiger partial charge in [0.1, 0.15) is 5.82 Å². The van der Waals surface area contributed by atoms with Gasteiger partial charge in [0.05, 0.1) is 0 Å². The molecule has 0 saturated heterocycles. The van der Waals surface area contributed by atoms with Crippen molar-refractivity contribution in [1.82, 2.24) is 4.98 Å². The molecule has 1 heterocycles. The highest BCUT2D eigenvalue weighted by atomic mass is 14.8. The van der Waals surface area contributed by atoms with Gasteiger partial charge in [0.25, 0.3) is 0 Å². The highest BCUT2D eigenvalue weighted by Gasteiger charge is 1.96. The molecule has 0 unspecified atom stereocenters. The quantitative estimate of drug-likeness (QED) is 0.828. The lowest BCUT2D eigenvalue weighted by Crippen LogP contribution is -1.96. The van der Waals surface area contributed by atoms with E-state index in [2.05, 4.69) is 18.0 Å². The van der Waals surface area contributed by atoms with Gasteiger partial charge in [0, 0.05) is 5.69 Å². The fourth-order valence-corrected chi connectivity index (χ4v) is 1.25. The molecule has 0 aliphatic carbocycles. The predicted molar refractivity (Wildman–Crippen MR) is 74.7 cm³/mol. The van der Waals surface area contributed by atoms with Gasteiger partial charge >= 0.3 is 0 Å². The highest BCUT2D eigenvalue weighted by Crippen LogP contribution is 2.08. The van der Waals surface area contributed by atoms with Gasteiger partial charge in [-0.05, 0) is 37.5 Å². The van der Waals surface area contributed by atoms with Gasteiger partial charge in [-0.1, -0.05) is 41.0 Å². The molecular weight excluding hydrogens is 196 g/mol. The van der Waals surface area contributed by atoms with Crippen LogP contribution in [0.15, 0.2) is 12.1 Å². The van der Waals surface area contributed by atoms with Crippen LogP contribution in [0, 0.1) is 6.92 Å². The van der Waals surface area contributed by atoms with Crippen molar-refractivity contribution in [2.45, 2.75) is 60.8 Å². The first kappa shape index (κ1) is 17.3. The third kappa shape index (κ3) is 8.27. The van der Waals surface area contributed by atoms with Gasteiger partial charge in [0.2, 0.25) is 0 Å². The molecule has 2 heteroatoms. The van der Waals surface area contributed by atoms with Crippen LogP contribution in [0.3, 0.4) is 0 Å². The zero-order chi connectivity index (χ0) is 13.0. The summed E-state index contributed by atoms with van der Waals surface area (Å²) in [7, 11) is 0. The van der Waals surface area contributed by atoms with Crippen molar-refractivity contribution in [3.8, 4) is 0 Å². The van der Waals surface area contributed by atoms with Crippen LogP contribution in [0.4, 0.5) is 5.82 Å². The molecule has 0 aliphatic rings. The number of nitrogens with zero attached hydrogens (tertiary/aromatic N) is 1. The number of unbranched alkanes of at least 4 members (excludes halogenated alkanes) is 1. The molecule has 1 aromatic rings. The number of hydrogen-bond donors (Lipinski definition) is 1. The van der Waals surface area contributed by atoms with Crippen molar-refractivity contribution in [2.75, 3.05) is 5.73 Å². The molecule has 0 bridgehead atoms. The van der Waals surface area contributed by atoms with Crippen LogP contribution in [0.5, 0.6) is 0 Å². The van der Waals surface area contributed by atoms with Crippen LogP contribution >= 0.6 is 0 Å². The van der Waals surface area contributed by atoms with Gasteiger partial charge in [-0.25, -0.2) is 4.98 Å². The largest absolute Gasteiger partial charge is 0.384 e. The summed E-state index contributed by atoms with van der Waals surface area (Å²) < 4.78 is 0. The summed E-state index contributed by atoms with van der Waals surface area (Å²) in [6, 6.07) is 4.00. The second kappa shape index (κ2) is 12.0. The van der Waals surface area contributed by atoms with Crippen LogP contribution in [0.2, 0.25) is 0 Å². The van der Waals surface area contributed by atoms with E-state index in [1.165, 1.54) is 18.4 Å². The van der Waals surface area contributed by atoms with Crippen molar-refractivity contribution in [3.63, 3.8) is 0 Å². The van der Waals surface area contributed by atoms with Gasteiger partial charge in [-0.2, -0.15) is 0 Å². The maximum absolute atomic E-state index is 5.62. The number of pyridine rings is 1. The van der Waals surface area contributed by atoms with E-state index in [9.17, 15) is 0 Å². The number of aryl methyl sites for hydroxylation is 2. The molecular formula is C14H28N2. The normalized spacial score (nSPS) is 8.38. The molecule has 16 heavy (non-hydrogen) atoms. The summed E-state index contributed by atoms with van der Waals surface area (Å²) in [6.07, 6.45) is 3.44. The third-order valence-corrected chi connectivity index (χ3v) is 1.83. The average molecular weight is 224 g/mol. The molecule has 0 amide bonds. The first-order chi connectivity index (χ1) is 7.72. The second-order valence-electron chi connectivity index (χ2n) is 3.16. The lowest BCUT2D eigenvalue weighted by molar-refractivity contribution is 0.777. The van der Waals surface area contributed by atoms with Gasteiger partial charge in [0.15, 0.2) is 0 Å². The molecule has 0 fully saturated rings. The van der Waals surface area contributed by atoms with E-state index < -0.39 is 0 Å². The molecule has 0 saturated carbocycles. The Labute approximate surface area is 101 Å². The van der Waals surface area contributed by atoms with Crippen molar-refractivity contribution < 1.29 is 0 Å². The zero-order valence-corrected chi connectivity index (χ0v) is 11.8. The Hall–Kier alpha value is -1.05. The molecule has 94 valence electrons. The summed E-state index contributed by atoms with van der Waals surface area (Å²) in [4.78, 5) is 4.25. The molecule has 2 N–H and O–H groups in total. The first-order valence-electron chi connectivity index (χ1n) is 6.45. The maximum Gasteiger partial charge on any atom is 0.123 e. The smallest absolute Gasteiger partial charge is 0.123 e. The molecule has 0 aliphatic heterocycles. The molecule has 1 aromatic heterocycles. The maximum atomic E-state index is 5.62. The molecule has 0 radical (unpaired) electrons. The lowest BCUT2D eigenvalue weighted by Gasteiger charge is -2.02. The van der Waals surface area contributed by atoms with Gasteiger partial charge in [-0.3, -0.25) is 0 Å². The zero-order valence-electron chi connectivity index (χ0n) is 11.8. The second-order valence-corrected chi connectivity index (χ2v) is 3.16. The topological polar surface area (TPSA) is 38.9 Å². The van der Waals surface area contributed by atoms with Gasteiger partial charge < -0.3 is 5.73 Å². The summed E-state index contributed by atoms with van der Waals surface area (Å²) in [6.45, 7) is 12.2. The standard InChI is InChI=1S/C10H16N2.2C2H6/c1-3-4-5-9-6-8(2)7-10(11)12-9;2*1-2/h6-7H,3-5H2,1-2H3,(H2,11,12);2*1-2H3. The van der Waals surface area contributed by atoms with Crippen molar-refractivity contribution in [3.05, 3.63) is 23.4 Å². The van der Waals surface area contributed by atoms with Crippen molar-refractivity contribution in [1.29, 1.82) is 0 Å². The third-order valence-electron chi connectivity index (χ3n) is 1.83. The van der Waals surface area contributed by atoms with Crippen molar-refractivity contribution in [2.24, 2.45) is 0 Å². The molecule has 0 atom stereocenters. The number of anilines is 1. The average Bonchev–Trinajstić information content (AvgIpc) is 2.30. The minimum atomic E-state index is 0.640. The molecule has 0 spiro atoms. The van der Waals surface area contributed by atoms with Crippen LogP contribution in [-0.4, -0.2) is 4.98 Å². The van der Waals surface area contributed by atoms with Crippen LogP contribution in [0.1, 0.15) is 58.7 Å². The Kier molecular flexibility index (Phi) is 13.0. The van der Waals surface area contributed by atoms with E-state index in [4.69, 9.17) is 5.73 Å². The van der Waals surface area contributed by atoms with E-state index in [1.54, 1.807) is 0 Å². The van der Waals surface area contributed by atoms with Crippen LogP contribution in [-0.2, 0) is 6.42 Å². The predicted octanol–water partition coefficient (Wildman–Crippen LogP) is 4.37. The van der Waals surface area contributed by atoms with Crippen LogP contribution in [0.25, 0.3) is 0 Å². The molecule has 1 rings (SSSR count). The van der Waals surface area contributed by atoms with E-state index in [0.717, 1.165) is 12.1 Å². The first-order valence-corrected chi connectivity index (χ1v) is 6.45. The number of nitrogens with two attached hydrogens (primary N) is 1. The Bertz CT molecular complexity index is 237. The van der Waals surface area contributed by atoms with E-state index in [0.29, 0.717) is 5.82 Å². The number of nitrogen functional groups attached to an aromatic ring is 1. The molecule has 2 nitrogen and oxygen atoms in total. The summed E-state index contributed by atoms with van der Waals surface area (Å²) >= 11 is 0. The minimum Gasteiger partial charge on any atom is -0.384 e. The Balaban J connectivity index is 0. The highest BCUT2D eigenvalue weighted by molar-refractivity contribution is 5.34. The SMILES string of the molecule is CC.CC.CCCCc1cc(C)cc(N)n1. The molecule has 0 aromatic carbocycles. The van der Waals surface area contributed by atoms with E-state index >= 15 is 0 Å². The van der Waals surface area contributed by atoms with E-state index in [1.807, 2.05) is 40.7 Å². The number of hydrogen-bond acceptors (Lipinski definition) is 2. The lowest BCUT2D eigenvalue weighted by atomic mass is 10.1. The fraction of sp³-hybridized carbons (Fsp3) is 0.643. The Morgan fingerprint density at radius 2 is 1.69 bits per heavy atom. The summed E-state index contributed by atoms with van der Waals surface area (Å²) in [5.41, 5.74) is 7.94. The van der Waals surface area contributed by atoms with Crippen molar-refractivity contribution >= 4 is 5.82 Å². The monoisotopic (exact) mass is 224 g/mol. The minimum absolute atomic E-state index is 0.640. The number of rotatable bonds is 3. The summed E-state index contributed by atoms with van der Waals surface area (Å²) in [5, 5.41) is 0. The Morgan fingerprint density at radius 1 is 1.12 bits per heavy atom. The fourth-order valence-electron chi connectivity index (χ4n) is 1.25. The van der Waals surface area contributed by atoms with Gasteiger partial charge in [-0.15, -0.1) is 0 Å². The summed E-state index contributed by atoms with van der Waals surface area (Å²) in [5.74, 6) is 0.640. The van der Waals surface area contributed by atoms with E-state index in [-0.39, 0.29) is 0 Å². The number of aromatic nitrogens is 1. The van der Waals surface area contributed by atoms with Crippen LogP contribution < -0.4 is 5.73 Å². The Morgan fingerprint density at radius 3 is 2.12 bits per heavy atom.